The van der Waals surface area contributed by atoms with E-state index in [2.05, 4.69) is 6.92 Å². The molecule has 3 fully saturated rings. The molecule has 0 amide bonds. The lowest BCUT2D eigenvalue weighted by atomic mass is 9.76. The molecule has 0 heterocycles. The lowest BCUT2D eigenvalue weighted by Gasteiger charge is -2.31. The van der Waals surface area contributed by atoms with Gasteiger partial charge in [0.25, 0.3) is 0 Å². The Morgan fingerprint density at radius 3 is 2.64 bits per heavy atom. The second-order valence-electron chi connectivity index (χ2n) is 5.76. The second-order valence-corrected chi connectivity index (χ2v) is 5.76. The molecule has 3 aliphatic rings. The number of hydrogen-bond donors (Lipinski definition) is 0. The molecule has 4 unspecified atom stereocenters. The molecule has 0 aromatic carbocycles. The van der Waals surface area contributed by atoms with Gasteiger partial charge in [0.05, 0.1) is 6.10 Å². The van der Waals surface area contributed by atoms with Crippen LogP contribution in [-0.4, -0.2) is 13.2 Å². The molecule has 0 N–H and O–H groups in total. The SMILES string of the molecule is COC(C)C1CC[C@H]2C3CCC(C3)[C@@H]12. The van der Waals surface area contributed by atoms with Crippen molar-refractivity contribution in [3.8, 4) is 0 Å². The highest BCUT2D eigenvalue weighted by atomic mass is 16.5. The molecule has 1 nitrogen and oxygen atoms in total. The Hall–Kier alpha value is -0.0400. The van der Waals surface area contributed by atoms with Crippen molar-refractivity contribution < 1.29 is 4.74 Å². The van der Waals surface area contributed by atoms with Crippen molar-refractivity contribution in [1.29, 1.82) is 0 Å². The summed E-state index contributed by atoms with van der Waals surface area (Å²) in [5, 5.41) is 0. The van der Waals surface area contributed by atoms with Gasteiger partial charge in [0.1, 0.15) is 0 Å². The van der Waals surface area contributed by atoms with E-state index in [0.717, 1.165) is 29.6 Å². The van der Waals surface area contributed by atoms with Gasteiger partial charge >= 0.3 is 0 Å². The summed E-state index contributed by atoms with van der Waals surface area (Å²) in [7, 11) is 1.88. The zero-order valence-corrected chi connectivity index (χ0v) is 9.41. The van der Waals surface area contributed by atoms with E-state index in [9.17, 15) is 0 Å². The lowest BCUT2D eigenvalue weighted by molar-refractivity contribution is 0.0330. The van der Waals surface area contributed by atoms with Crippen molar-refractivity contribution in [1.82, 2.24) is 0 Å². The Morgan fingerprint density at radius 1 is 1.07 bits per heavy atom. The first-order chi connectivity index (χ1) is 6.81. The standard InChI is InChI=1S/C13H22O/c1-8(14-2)11-5-6-12-9-3-4-10(7-9)13(11)12/h8-13H,3-7H2,1-2H3/t8?,9?,10?,11?,12-,13-/m0/s1. The summed E-state index contributed by atoms with van der Waals surface area (Å²) >= 11 is 0. The predicted octanol–water partition coefficient (Wildman–Crippen LogP) is 3.09. The fourth-order valence-electron chi connectivity index (χ4n) is 4.85. The summed E-state index contributed by atoms with van der Waals surface area (Å²) in [5.74, 6) is 5.22. The van der Waals surface area contributed by atoms with Crippen LogP contribution in [0.4, 0.5) is 0 Å². The van der Waals surface area contributed by atoms with Crippen molar-refractivity contribution in [2.45, 2.75) is 45.1 Å². The van der Waals surface area contributed by atoms with Gasteiger partial charge in [0, 0.05) is 7.11 Å². The van der Waals surface area contributed by atoms with Crippen molar-refractivity contribution in [2.75, 3.05) is 7.11 Å². The third kappa shape index (κ3) is 1.11. The molecule has 3 saturated carbocycles. The highest BCUT2D eigenvalue weighted by Gasteiger charge is 2.54. The predicted molar refractivity (Wildman–Crippen MR) is 57.0 cm³/mol. The van der Waals surface area contributed by atoms with Gasteiger partial charge < -0.3 is 4.74 Å². The maximum absolute atomic E-state index is 5.55. The molecule has 3 aliphatic carbocycles. The third-order valence-corrected chi connectivity index (χ3v) is 5.46. The first-order valence-corrected chi connectivity index (χ1v) is 6.34. The lowest BCUT2D eigenvalue weighted by Crippen LogP contribution is -2.29. The summed E-state index contributed by atoms with van der Waals surface area (Å²) in [6.07, 6.45) is 8.08. The van der Waals surface area contributed by atoms with Crippen LogP contribution >= 0.6 is 0 Å². The second kappa shape index (κ2) is 3.23. The zero-order valence-electron chi connectivity index (χ0n) is 9.41. The van der Waals surface area contributed by atoms with Crippen LogP contribution in [0.15, 0.2) is 0 Å². The van der Waals surface area contributed by atoms with Crippen LogP contribution in [0.3, 0.4) is 0 Å². The summed E-state index contributed by atoms with van der Waals surface area (Å²) in [5.41, 5.74) is 0. The number of fused-ring (bicyclic) bond motifs is 5. The average Bonchev–Trinajstić information content (AvgIpc) is 2.87. The minimum absolute atomic E-state index is 0.504. The van der Waals surface area contributed by atoms with Crippen molar-refractivity contribution >= 4 is 0 Å². The maximum Gasteiger partial charge on any atom is 0.0574 e. The molecule has 0 aromatic rings. The van der Waals surface area contributed by atoms with Gasteiger partial charge in [0.15, 0.2) is 0 Å². The van der Waals surface area contributed by atoms with Gasteiger partial charge in [-0.1, -0.05) is 0 Å². The van der Waals surface area contributed by atoms with Crippen molar-refractivity contribution in [3.05, 3.63) is 0 Å². The van der Waals surface area contributed by atoms with E-state index in [0.29, 0.717) is 6.10 Å². The van der Waals surface area contributed by atoms with Gasteiger partial charge in [-0.25, -0.2) is 0 Å². The van der Waals surface area contributed by atoms with E-state index in [1.165, 1.54) is 19.3 Å². The van der Waals surface area contributed by atoms with Gasteiger partial charge in [-0.2, -0.15) is 0 Å². The van der Waals surface area contributed by atoms with Crippen LogP contribution in [-0.2, 0) is 4.74 Å². The molecule has 0 saturated heterocycles. The van der Waals surface area contributed by atoms with E-state index >= 15 is 0 Å². The first kappa shape index (κ1) is 9.21. The number of hydrogen-bond acceptors (Lipinski definition) is 1. The van der Waals surface area contributed by atoms with Crippen molar-refractivity contribution in [3.63, 3.8) is 0 Å². The number of rotatable bonds is 2. The molecular formula is C13H22O. The minimum atomic E-state index is 0.504. The molecule has 80 valence electrons. The van der Waals surface area contributed by atoms with E-state index < -0.39 is 0 Å². The Kier molecular flexibility index (Phi) is 2.12. The molecule has 3 rings (SSSR count). The van der Waals surface area contributed by atoms with Crippen LogP contribution in [0, 0.1) is 29.6 Å². The monoisotopic (exact) mass is 194 g/mol. The van der Waals surface area contributed by atoms with E-state index in [1.807, 2.05) is 7.11 Å². The summed E-state index contributed by atoms with van der Waals surface area (Å²) < 4.78 is 5.55. The molecule has 0 radical (unpaired) electrons. The minimum Gasteiger partial charge on any atom is -0.381 e. The normalized spacial score (nSPS) is 52.3. The molecule has 0 aromatic heterocycles. The van der Waals surface area contributed by atoms with Crippen LogP contribution in [0.25, 0.3) is 0 Å². The fraction of sp³-hybridized carbons (Fsp3) is 1.00. The number of ether oxygens (including phenoxy) is 1. The fourth-order valence-corrected chi connectivity index (χ4v) is 4.85. The van der Waals surface area contributed by atoms with Crippen LogP contribution in [0.2, 0.25) is 0 Å². The van der Waals surface area contributed by atoms with Gasteiger partial charge in [-0.3, -0.25) is 0 Å². The molecule has 2 bridgehead atoms. The Labute approximate surface area is 87.2 Å². The van der Waals surface area contributed by atoms with Crippen LogP contribution < -0.4 is 0 Å². The molecule has 14 heavy (non-hydrogen) atoms. The highest BCUT2D eigenvalue weighted by molar-refractivity contribution is 5.03. The van der Waals surface area contributed by atoms with Crippen molar-refractivity contribution in [2.24, 2.45) is 29.6 Å². The smallest absolute Gasteiger partial charge is 0.0574 e. The first-order valence-electron chi connectivity index (χ1n) is 6.34. The average molecular weight is 194 g/mol. The molecule has 0 spiro atoms. The van der Waals surface area contributed by atoms with E-state index in [-0.39, 0.29) is 0 Å². The number of methoxy groups -OCH3 is 1. The Bertz CT molecular complexity index is 225. The molecular weight excluding hydrogens is 172 g/mol. The quantitative estimate of drug-likeness (QED) is 0.656. The largest absolute Gasteiger partial charge is 0.381 e. The van der Waals surface area contributed by atoms with Crippen LogP contribution in [0.5, 0.6) is 0 Å². The molecule has 1 heteroatoms. The summed E-state index contributed by atoms with van der Waals surface area (Å²) in [6.45, 7) is 2.28. The summed E-state index contributed by atoms with van der Waals surface area (Å²) in [4.78, 5) is 0. The Balaban J connectivity index is 1.78. The van der Waals surface area contributed by atoms with E-state index in [4.69, 9.17) is 4.74 Å². The molecule has 6 atom stereocenters. The Morgan fingerprint density at radius 2 is 1.86 bits per heavy atom. The third-order valence-electron chi connectivity index (χ3n) is 5.46. The van der Waals surface area contributed by atoms with Gasteiger partial charge in [-0.05, 0) is 68.6 Å². The summed E-state index contributed by atoms with van der Waals surface area (Å²) in [6, 6.07) is 0. The highest BCUT2D eigenvalue weighted by Crippen LogP contribution is 2.61. The zero-order chi connectivity index (χ0) is 9.71. The molecule has 0 aliphatic heterocycles. The topological polar surface area (TPSA) is 9.23 Å². The van der Waals surface area contributed by atoms with E-state index in [1.54, 1.807) is 12.8 Å². The van der Waals surface area contributed by atoms with Gasteiger partial charge in [0.2, 0.25) is 0 Å². The maximum atomic E-state index is 5.55. The van der Waals surface area contributed by atoms with Crippen LogP contribution in [0.1, 0.15) is 39.0 Å². The van der Waals surface area contributed by atoms with Gasteiger partial charge in [-0.15, -0.1) is 0 Å².